The number of carbonyl (C=O) groups excluding carboxylic acids is 1. The molecule has 0 spiro atoms. The molecule has 1 atom stereocenters. The van der Waals surface area contributed by atoms with Crippen molar-refractivity contribution in [1.82, 2.24) is 19.7 Å². The predicted octanol–water partition coefficient (Wildman–Crippen LogP) is 2.53. The van der Waals surface area contributed by atoms with Crippen molar-refractivity contribution >= 4 is 17.4 Å². The van der Waals surface area contributed by atoms with Crippen molar-refractivity contribution in [2.45, 2.75) is 12.8 Å². The average molecular weight is 408 g/mol. The number of hydrogen-bond acceptors (Lipinski definition) is 7. The quantitative estimate of drug-likeness (QED) is 0.670. The normalized spacial score (nSPS) is 16.2. The molecule has 0 saturated carbocycles. The molecule has 3 heterocycles. The number of aromatic nitrogens is 4. The van der Waals surface area contributed by atoms with Gasteiger partial charge < -0.3 is 19.7 Å². The van der Waals surface area contributed by atoms with Crippen molar-refractivity contribution in [2.24, 2.45) is 5.92 Å². The first-order valence-electron chi connectivity index (χ1n) is 9.78. The number of imidazole rings is 1. The van der Waals surface area contributed by atoms with Gasteiger partial charge in [-0.25, -0.2) is 4.98 Å². The Morgan fingerprint density at radius 3 is 2.67 bits per heavy atom. The first-order chi connectivity index (χ1) is 14.7. The fourth-order valence-electron chi connectivity index (χ4n) is 3.56. The van der Waals surface area contributed by atoms with Crippen LogP contribution in [0.4, 0.5) is 11.5 Å². The van der Waals surface area contributed by atoms with E-state index in [2.05, 4.69) is 25.4 Å². The van der Waals surface area contributed by atoms with Crippen LogP contribution < -0.4 is 19.7 Å². The van der Waals surface area contributed by atoms with E-state index in [4.69, 9.17) is 9.47 Å². The average Bonchev–Trinajstić information content (AvgIpc) is 3.34. The number of piperidine rings is 1. The second-order valence-electron chi connectivity index (χ2n) is 7.06. The van der Waals surface area contributed by atoms with Gasteiger partial charge in [0, 0.05) is 31.5 Å². The number of hydrogen-bond donors (Lipinski definition) is 1. The Bertz CT molecular complexity index is 990. The summed E-state index contributed by atoms with van der Waals surface area (Å²) in [5.41, 5.74) is 0.630. The monoisotopic (exact) mass is 408 g/mol. The molecule has 0 radical (unpaired) electrons. The smallest absolute Gasteiger partial charge is 0.229 e. The summed E-state index contributed by atoms with van der Waals surface area (Å²) in [4.78, 5) is 19.0. The largest absolute Gasteiger partial charge is 0.497 e. The van der Waals surface area contributed by atoms with Crippen molar-refractivity contribution < 1.29 is 14.3 Å². The Hall–Kier alpha value is -3.62. The van der Waals surface area contributed by atoms with Crippen LogP contribution in [0.5, 0.6) is 11.5 Å². The minimum absolute atomic E-state index is 0.0360. The van der Waals surface area contributed by atoms with Gasteiger partial charge in [-0.05, 0) is 37.1 Å². The summed E-state index contributed by atoms with van der Waals surface area (Å²) >= 11 is 0. The molecular weight excluding hydrogens is 384 g/mol. The molecule has 0 aliphatic carbocycles. The highest BCUT2D eigenvalue weighted by Crippen LogP contribution is 2.30. The first-order valence-corrected chi connectivity index (χ1v) is 9.78. The van der Waals surface area contributed by atoms with Crippen molar-refractivity contribution in [3.8, 4) is 17.3 Å². The second kappa shape index (κ2) is 8.81. The van der Waals surface area contributed by atoms with E-state index in [1.54, 1.807) is 49.5 Å². The molecule has 1 fully saturated rings. The Labute approximate surface area is 174 Å². The van der Waals surface area contributed by atoms with Crippen LogP contribution in [0.3, 0.4) is 0 Å². The molecule has 1 aromatic carbocycles. The van der Waals surface area contributed by atoms with E-state index in [0.29, 0.717) is 29.5 Å². The molecule has 3 aromatic rings. The van der Waals surface area contributed by atoms with Crippen LogP contribution >= 0.6 is 0 Å². The van der Waals surface area contributed by atoms with Gasteiger partial charge in [-0.3, -0.25) is 9.36 Å². The summed E-state index contributed by atoms with van der Waals surface area (Å²) in [6.45, 7) is 1.43. The number of rotatable bonds is 6. The lowest BCUT2D eigenvalue weighted by molar-refractivity contribution is -0.120. The van der Waals surface area contributed by atoms with Crippen LogP contribution in [0, 0.1) is 5.92 Å². The standard InChI is InChI=1S/C21H24N6O3/c1-29-16-5-6-17(18(12-16)30-2)23-21(28)15-4-3-10-26(13-15)19-7-8-20(25-24-19)27-11-9-22-14-27/h5-9,11-12,14-15H,3-4,10,13H2,1-2H3,(H,23,28). The van der Waals surface area contributed by atoms with Gasteiger partial charge in [0.15, 0.2) is 11.6 Å². The summed E-state index contributed by atoms with van der Waals surface area (Å²) in [7, 11) is 3.16. The predicted molar refractivity (Wildman–Crippen MR) is 112 cm³/mol. The lowest BCUT2D eigenvalue weighted by Crippen LogP contribution is -2.41. The number of benzene rings is 1. The molecule has 1 aliphatic heterocycles. The van der Waals surface area contributed by atoms with Gasteiger partial charge in [-0.15, -0.1) is 10.2 Å². The van der Waals surface area contributed by atoms with E-state index >= 15 is 0 Å². The fraction of sp³-hybridized carbons (Fsp3) is 0.333. The van der Waals surface area contributed by atoms with Crippen molar-refractivity contribution in [2.75, 3.05) is 37.5 Å². The van der Waals surface area contributed by atoms with Gasteiger partial charge in [-0.2, -0.15) is 0 Å². The second-order valence-corrected chi connectivity index (χ2v) is 7.06. The van der Waals surface area contributed by atoms with Gasteiger partial charge in [0.1, 0.15) is 17.8 Å². The molecule has 1 N–H and O–H groups in total. The van der Waals surface area contributed by atoms with E-state index in [0.717, 1.165) is 25.2 Å². The summed E-state index contributed by atoms with van der Waals surface area (Å²) in [6.07, 6.45) is 6.92. The number of methoxy groups -OCH3 is 2. The maximum Gasteiger partial charge on any atom is 0.229 e. The third-order valence-electron chi connectivity index (χ3n) is 5.19. The molecular formula is C21H24N6O3. The zero-order chi connectivity index (χ0) is 20.9. The van der Waals surface area contributed by atoms with Crippen LogP contribution in [0.1, 0.15) is 12.8 Å². The highest BCUT2D eigenvalue weighted by atomic mass is 16.5. The van der Waals surface area contributed by atoms with Gasteiger partial charge in [0.25, 0.3) is 0 Å². The molecule has 4 rings (SSSR count). The molecule has 0 bridgehead atoms. The molecule has 1 amide bonds. The number of nitrogens with zero attached hydrogens (tertiary/aromatic N) is 5. The van der Waals surface area contributed by atoms with Crippen molar-refractivity contribution in [3.05, 3.63) is 49.1 Å². The van der Waals surface area contributed by atoms with Gasteiger partial charge in [0.2, 0.25) is 5.91 Å². The maximum atomic E-state index is 12.9. The molecule has 9 heteroatoms. The number of amides is 1. The van der Waals surface area contributed by atoms with Gasteiger partial charge >= 0.3 is 0 Å². The fourth-order valence-corrected chi connectivity index (χ4v) is 3.56. The Balaban J connectivity index is 1.43. The van der Waals surface area contributed by atoms with Crippen LogP contribution in [0.2, 0.25) is 0 Å². The van der Waals surface area contributed by atoms with Gasteiger partial charge in [0.05, 0.1) is 25.8 Å². The highest BCUT2D eigenvalue weighted by Gasteiger charge is 2.27. The van der Waals surface area contributed by atoms with E-state index in [9.17, 15) is 4.79 Å². The Morgan fingerprint density at radius 2 is 1.97 bits per heavy atom. The van der Waals surface area contributed by atoms with Crippen LogP contribution in [0.15, 0.2) is 49.1 Å². The number of ether oxygens (including phenoxy) is 2. The third kappa shape index (κ3) is 4.19. The molecule has 1 aliphatic rings. The molecule has 156 valence electrons. The topological polar surface area (TPSA) is 94.4 Å². The molecule has 1 saturated heterocycles. The Morgan fingerprint density at radius 1 is 1.13 bits per heavy atom. The van der Waals surface area contributed by atoms with E-state index in [1.807, 2.05) is 18.3 Å². The SMILES string of the molecule is COc1ccc(NC(=O)C2CCCN(c3ccc(-n4ccnc4)nn3)C2)c(OC)c1. The van der Waals surface area contributed by atoms with Crippen LogP contribution in [-0.4, -0.2) is 53.0 Å². The lowest BCUT2D eigenvalue weighted by Gasteiger charge is -2.32. The van der Waals surface area contributed by atoms with Crippen molar-refractivity contribution in [3.63, 3.8) is 0 Å². The summed E-state index contributed by atoms with van der Waals surface area (Å²) in [5, 5.41) is 11.6. The lowest BCUT2D eigenvalue weighted by atomic mass is 9.97. The summed E-state index contributed by atoms with van der Waals surface area (Å²) < 4.78 is 12.4. The zero-order valence-corrected chi connectivity index (χ0v) is 17.0. The van der Waals surface area contributed by atoms with E-state index in [1.165, 1.54) is 0 Å². The first kappa shape index (κ1) is 19.7. The molecule has 2 aromatic heterocycles. The minimum Gasteiger partial charge on any atom is -0.497 e. The van der Waals surface area contributed by atoms with Gasteiger partial charge in [-0.1, -0.05) is 0 Å². The molecule has 9 nitrogen and oxygen atoms in total. The molecule has 30 heavy (non-hydrogen) atoms. The van der Waals surface area contributed by atoms with Crippen molar-refractivity contribution in [1.29, 1.82) is 0 Å². The Kier molecular flexibility index (Phi) is 5.78. The third-order valence-corrected chi connectivity index (χ3v) is 5.19. The highest BCUT2D eigenvalue weighted by molar-refractivity contribution is 5.94. The number of carbonyl (C=O) groups is 1. The zero-order valence-electron chi connectivity index (χ0n) is 17.0. The molecule has 1 unspecified atom stereocenters. The minimum atomic E-state index is -0.152. The summed E-state index contributed by atoms with van der Waals surface area (Å²) in [5.74, 6) is 2.52. The van der Waals surface area contributed by atoms with E-state index < -0.39 is 0 Å². The van der Waals surface area contributed by atoms with E-state index in [-0.39, 0.29) is 11.8 Å². The van der Waals surface area contributed by atoms with Crippen LogP contribution in [-0.2, 0) is 4.79 Å². The van der Waals surface area contributed by atoms with Crippen LogP contribution in [0.25, 0.3) is 5.82 Å². The number of anilines is 2. The number of nitrogens with one attached hydrogen (secondary N) is 1. The summed E-state index contributed by atoms with van der Waals surface area (Å²) in [6, 6.07) is 9.16. The maximum absolute atomic E-state index is 12.9.